The Hall–Kier alpha value is -2.48. The number of benzene rings is 1. The Balaban J connectivity index is 1.37. The second-order valence-corrected chi connectivity index (χ2v) is 7.77. The molecule has 0 bridgehead atoms. The zero-order chi connectivity index (χ0) is 17.6. The fraction of sp³-hybridized carbons (Fsp3) is 0.412. The molecule has 4 rings (SSSR count). The summed E-state index contributed by atoms with van der Waals surface area (Å²) in [5.74, 6) is -0.502. The van der Waals surface area contributed by atoms with Gasteiger partial charge in [-0.25, -0.2) is 9.78 Å². The normalized spacial score (nSPS) is 23.2. The molecule has 1 aliphatic carbocycles. The number of thiazole rings is 1. The zero-order valence-corrected chi connectivity index (χ0v) is 14.6. The molecule has 1 aliphatic heterocycles. The number of carbonyl (C=O) groups excluding carboxylic acids is 3. The van der Waals surface area contributed by atoms with Crippen LogP contribution in [-0.2, 0) is 16.1 Å². The second-order valence-electron chi connectivity index (χ2n) is 6.65. The van der Waals surface area contributed by atoms with Gasteiger partial charge in [0.05, 0.1) is 16.8 Å². The van der Waals surface area contributed by atoms with Gasteiger partial charge in [0.1, 0.15) is 17.1 Å². The van der Waals surface area contributed by atoms with E-state index in [1.165, 1.54) is 11.3 Å². The van der Waals surface area contributed by atoms with Crippen LogP contribution in [0.5, 0.6) is 0 Å². The number of hydrogen-bond donors (Lipinski definition) is 2. The van der Waals surface area contributed by atoms with Crippen LogP contribution in [-0.4, -0.2) is 39.8 Å². The number of imide groups is 1. The van der Waals surface area contributed by atoms with Gasteiger partial charge in [0.15, 0.2) is 0 Å². The summed E-state index contributed by atoms with van der Waals surface area (Å²) in [7, 11) is 0. The van der Waals surface area contributed by atoms with E-state index in [1.807, 2.05) is 24.3 Å². The lowest BCUT2D eigenvalue weighted by Crippen LogP contribution is -2.46. The van der Waals surface area contributed by atoms with Gasteiger partial charge in [0, 0.05) is 0 Å². The summed E-state index contributed by atoms with van der Waals surface area (Å²) < 4.78 is 1.06. The summed E-state index contributed by atoms with van der Waals surface area (Å²) in [6.07, 6.45) is 1.86. The van der Waals surface area contributed by atoms with E-state index in [0.717, 1.165) is 33.0 Å². The summed E-state index contributed by atoms with van der Waals surface area (Å²) in [6.45, 7) is 1.75. The van der Waals surface area contributed by atoms with Crippen molar-refractivity contribution < 1.29 is 14.4 Å². The van der Waals surface area contributed by atoms with Crippen LogP contribution in [0.3, 0.4) is 0 Å². The summed E-state index contributed by atoms with van der Waals surface area (Å²) in [6, 6.07) is 7.26. The lowest BCUT2D eigenvalue weighted by atomic mass is 9.96. The molecule has 1 atom stereocenters. The first-order valence-corrected chi connectivity index (χ1v) is 9.04. The van der Waals surface area contributed by atoms with Crippen LogP contribution in [0.2, 0.25) is 0 Å². The van der Waals surface area contributed by atoms with E-state index in [1.54, 1.807) is 6.92 Å². The van der Waals surface area contributed by atoms with Gasteiger partial charge in [0.2, 0.25) is 5.91 Å². The SMILES string of the molecule is CC1(C2CC2)NC(=O)N(CC(=O)NCc2nc3ccccc3s2)C1=O. The lowest BCUT2D eigenvalue weighted by Gasteiger charge is -2.20. The monoisotopic (exact) mass is 358 g/mol. The molecule has 4 amide bonds. The fourth-order valence-corrected chi connectivity index (χ4v) is 4.07. The molecular weight excluding hydrogens is 340 g/mol. The lowest BCUT2D eigenvalue weighted by molar-refractivity contribution is -0.135. The number of hydrogen-bond acceptors (Lipinski definition) is 5. The van der Waals surface area contributed by atoms with Crippen molar-refractivity contribution >= 4 is 39.4 Å². The number of aromatic nitrogens is 1. The molecule has 130 valence electrons. The Bertz CT molecular complexity index is 843. The van der Waals surface area contributed by atoms with Crippen LogP contribution >= 0.6 is 11.3 Å². The molecule has 8 heteroatoms. The number of nitrogens with one attached hydrogen (secondary N) is 2. The van der Waals surface area contributed by atoms with E-state index < -0.39 is 11.6 Å². The summed E-state index contributed by atoms with van der Waals surface area (Å²) >= 11 is 1.51. The Labute approximate surface area is 148 Å². The minimum Gasteiger partial charge on any atom is -0.348 e. The van der Waals surface area contributed by atoms with E-state index in [4.69, 9.17) is 0 Å². The molecule has 2 N–H and O–H groups in total. The molecule has 1 unspecified atom stereocenters. The quantitative estimate of drug-likeness (QED) is 0.795. The maximum Gasteiger partial charge on any atom is 0.325 e. The molecule has 25 heavy (non-hydrogen) atoms. The van der Waals surface area contributed by atoms with Crippen molar-refractivity contribution in [3.05, 3.63) is 29.3 Å². The van der Waals surface area contributed by atoms with Gasteiger partial charge >= 0.3 is 6.03 Å². The van der Waals surface area contributed by atoms with Crippen LogP contribution in [0, 0.1) is 5.92 Å². The van der Waals surface area contributed by atoms with Crippen molar-refractivity contribution in [2.24, 2.45) is 5.92 Å². The number of carbonyl (C=O) groups is 3. The van der Waals surface area contributed by atoms with Crippen LogP contribution in [0.25, 0.3) is 10.2 Å². The van der Waals surface area contributed by atoms with Crippen molar-refractivity contribution in [2.75, 3.05) is 6.54 Å². The van der Waals surface area contributed by atoms with E-state index in [-0.39, 0.29) is 30.8 Å². The minimum absolute atomic E-state index is 0.180. The first-order valence-electron chi connectivity index (χ1n) is 8.22. The van der Waals surface area contributed by atoms with Crippen molar-refractivity contribution in [3.63, 3.8) is 0 Å². The average Bonchev–Trinajstić information content (AvgIpc) is 3.33. The van der Waals surface area contributed by atoms with Crippen molar-refractivity contribution in [2.45, 2.75) is 31.8 Å². The summed E-state index contributed by atoms with van der Waals surface area (Å²) in [4.78, 5) is 42.2. The Morgan fingerprint density at radius 3 is 2.88 bits per heavy atom. The van der Waals surface area contributed by atoms with Gasteiger partial charge in [-0.2, -0.15) is 0 Å². The third-order valence-corrected chi connectivity index (χ3v) is 5.81. The van der Waals surface area contributed by atoms with Crippen LogP contribution in [0.4, 0.5) is 4.79 Å². The Morgan fingerprint density at radius 1 is 1.40 bits per heavy atom. The highest BCUT2D eigenvalue weighted by atomic mass is 32.1. The predicted molar refractivity (Wildman–Crippen MR) is 92.8 cm³/mol. The fourth-order valence-electron chi connectivity index (χ4n) is 3.17. The third-order valence-electron chi connectivity index (χ3n) is 4.77. The van der Waals surface area contributed by atoms with Crippen LogP contribution in [0.1, 0.15) is 24.8 Å². The molecule has 2 heterocycles. The Kier molecular flexibility index (Phi) is 3.72. The molecule has 2 aliphatic rings. The molecule has 2 fully saturated rings. The first-order chi connectivity index (χ1) is 12.0. The van der Waals surface area contributed by atoms with Gasteiger partial charge in [-0.3, -0.25) is 14.5 Å². The van der Waals surface area contributed by atoms with E-state index in [0.29, 0.717) is 0 Å². The highest BCUT2D eigenvalue weighted by molar-refractivity contribution is 7.18. The van der Waals surface area contributed by atoms with E-state index in [9.17, 15) is 14.4 Å². The van der Waals surface area contributed by atoms with Gasteiger partial charge in [-0.15, -0.1) is 11.3 Å². The first kappa shape index (κ1) is 16.0. The molecule has 2 aromatic rings. The maximum atomic E-state index is 12.5. The highest BCUT2D eigenvalue weighted by Crippen LogP contribution is 2.42. The average molecular weight is 358 g/mol. The molecule has 0 spiro atoms. The number of fused-ring (bicyclic) bond motifs is 1. The molecule has 7 nitrogen and oxygen atoms in total. The highest BCUT2D eigenvalue weighted by Gasteiger charge is 2.56. The number of rotatable bonds is 5. The largest absolute Gasteiger partial charge is 0.348 e. The zero-order valence-electron chi connectivity index (χ0n) is 13.7. The second kappa shape index (κ2) is 5.80. The number of para-hydroxylation sites is 1. The van der Waals surface area contributed by atoms with Crippen molar-refractivity contribution in [3.8, 4) is 0 Å². The molecule has 1 aromatic heterocycles. The molecule has 1 saturated heterocycles. The molecule has 0 radical (unpaired) electrons. The Morgan fingerprint density at radius 2 is 2.16 bits per heavy atom. The van der Waals surface area contributed by atoms with Gasteiger partial charge in [0.25, 0.3) is 5.91 Å². The maximum absolute atomic E-state index is 12.5. The number of nitrogens with zero attached hydrogens (tertiary/aromatic N) is 2. The minimum atomic E-state index is -0.857. The summed E-state index contributed by atoms with van der Waals surface area (Å²) in [5.41, 5.74) is 0.0377. The summed E-state index contributed by atoms with van der Waals surface area (Å²) in [5, 5.41) is 6.26. The van der Waals surface area contributed by atoms with Crippen molar-refractivity contribution in [1.82, 2.24) is 20.5 Å². The van der Waals surface area contributed by atoms with Gasteiger partial charge < -0.3 is 10.6 Å². The molecule has 1 saturated carbocycles. The third kappa shape index (κ3) is 2.86. The topological polar surface area (TPSA) is 91.4 Å². The smallest absolute Gasteiger partial charge is 0.325 e. The van der Waals surface area contributed by atoms with Crippen molar-refractivity contribution in [1.29, 1.82) is 0 Å². The van der Waals surface area contributed by atoms with Gasteiger partial charge in [-0.05, 0) is 37.8 Å². The molecular formula is C17H18N4O3S. The molecule has 1 aromatic carbocycles. The van der Waals surface area contributed by atoms with Crippen LogP contribution in [0.15, 0.2) is 24.3 Å². The van der Waals surface area contributed by atoms with E-state index >= 15 is 0 Å². The van der Waals surface area contributed by atoms with Gasteiger partial charge in [-0.1, -0.05) is 12.1 Å². The van der Waals surface area contributed by atoms with Crippen LogP contribution < -0.4 is 10.6 Å². The number of urea groups is 1. The standard InChI is InChI=1S/C17H18N4O3S/c1-17(10-6-7-10)15(23)21(16(24)20-17)9-13(22)18-8-14-19-11-4-2-3-5-12(11)25-14/h2-5,10H,6-9H2,1H3,(H,18,22)(H,20,24). The van der Waals surface area contributed by atoms with E-state index in [2.05, 4.69) is 15.6 Å². The predicted octanol–water partition coefficient (Wildman–Crippen LogP) is 1.63. The number of amides is 4.